The summed E-state index contributed by atoms with van der Waals surface area (Å²) in [6.45, 7) is 6.97. The Labute approximate surface area is 164 Å². The Morgan fingerprint density at radius 1 is 1.33 bits per heavy atom. The molecule has 3 amide bonds. The Hall–Kier alpha value is -2.22. The van der Waals surface area contributed by atoms with Gasteiger partial charge >= 0.3 is 6.09 Å². The lowest BCUT2D eigenvalue weighted by atomic mass is 10.2. The monoisotopic (exact) mass is 393 g/mol. The molecule has 1 heterocycles. The Kier molecular flexibility index (Phi) is 7.12. The van der Waals surface area contributed by atoms with Crippen LogP contribution in [0, 0.1) is 0 Å². The molecule has 0 aromatic heterocycles. The maximum absolute atomic E-state index is 12.1. The van der Waals surface area contributed by atoms with Gasteiger partial charge in [0.25, 0.3) is 5.24 Å². The van der Waals surface area contributed by atoms with E-state index in [0.29, 0.717) is 25.3 Å². The topological polar surface area (TPSA) is 79.0 Å². The summed E-state index contributed by atoms with van der Waals surface area (Å²) < 4.78 is 5.34. The number of benzene rings is 1. The van der Waals surface area contributed by atoms with Crippen LogP contribution in [0.1, 0.15) is 32.8 Å². The number of anilines is 1. The van der Waals surface area contributed by atoms with E-state index >= 15 is 0 Å². The molecule has 27 heavy (non-hydrogen) atoms. The van der Waals surface area contributed by atoms with Crippen molar-refractivity contribution in [2.75, 3.05) is 31.2 Å². The molecule has 7 nitrogen and oxygen atoms in total. The van der Waals surface area contributed by atoms with Crippen LogP contribution in [0.2, 0.25) is 0 Å². The van der Waals surface area contributed by atoms with Crippen molar-refractivity contribution in [1.82, 2.24) is 9.80 Å². The maximum Gasteiger partial charge on any atom is 0.410 e. The molecule has 1 aliphatic rings. The van der Waals surface area contributed by atoms with Crippen LogP contribution in [-0.4, -0.2) is 58.5 Å². The first-order chi connectivity index (χ1) is 12.6. The van der Waals surface area contributed by atoms with E-state index in [0.717, 1.165) is 11.3 Å². The highest BCUT2D eigenvalue weighted by Gasteiger charge is 2.22. The first-order valence-electron chi connectivity index (χ1n) is 8.89. The normalized spacial score (nSPS) is 14.2. The van der Waals surface area contributed by atoms with Gasteiger partial charge in [-0.1, -0.05) is 23.9 Å². The zero-order valence-electron chi connectivity index (χ0n) is 16.3. The van der Waals surface area contributed by atoms with Gasteiger partial charge in [0, 0.05) is 44.5 Å². The van der Waals surface area contributed by atoms with Crippen LogP contribution in [0.25, 0.3) is 0 Å². The van der Waals surface area contributed by atoms with Gasteiger partial charge in [0.2, 0.25) is 5.91 Å². The van der Waals surface area contributed by atoms with Crippen molar-refractivity contribution in [3.05, 3.63) is 29.8 Å². The SMILES string of the molecule is CN(Cc1cccc(NC(=O)CCN2CCSC2=O)c1)C(=O)OC(C)(C)C. The number of thioether (sulfide) groups is 1. The average molecular weight is 394 g/mol. The molecule has 2 rings (SSSR count). The summed E-state index contributed by atoms with van der Waals surface area (Å²) >= 11 is 1.29. The second-order valence-corrected chi connectivity index (χ2v) is 8.48. The van der Waals surface area contributed by atoms with Gasteiger partial charge in [-0.2, -0.15) is 0 Å². The van der Waals surface area contributed by atoms with Crippen molar-refractivity contribution in [2.24, 2.45) is 0 Å². The highest BCUT2D eigenvalue weighted by atomic mass is 32.2. The van der Waals surface area contributed by atoms with Crippen molar-refractivity contribution in [3.8, 4) is 0 Å². The van der Waals surface area contributed by atoms with Crippen LogP contribution in [0.4, 0.5) is 15.3 Å². The van der Waals surface area contributed by atoms with E-state index in [1.165, 1.54) is 16.7 Å². The van der Waals surface area contributed by atoms with E-state index in [-0.39, 0.29) is 17.6 Å². The predicted octanol–water partition coefficient (Wildman–Crippen LogP) is 3.55. The molecule has 1 N–H and O–H groups in total. The summed E-state index contributed by atoms with van der Waals surface area (Å²) in [5.41, 5.74) is 1.00. The highest BCUT2D eigenvalue weighted by molar-refractivity contribution is 8.13. The molecule has 148 valence electrons. The molecule has 0 atom stereocenters. The fraction of sp³-hybridized carbons (Fsp3) is 0.526. The zero-order chi connectivity index (χ0) is 20.0. The molecule has 0 saturated carbocycles. The Morgan fingerprint density at radius 2 is 2.07 bits per heavy atom. The number of hydrogen-bond donors (Lipinski definition) is 1. The minimum Gasteiger partial charge on any atom is -0.444 e. The fourth-order valence-electron chi connectivity index (χ4n) is 2.51. The molecule has 1 aromatic rings. The molecule has 0 aliphatic carbocycles. The molecule has 8 heteroatoms. The number of carbonyl (C=O) groups is 3. The summed E-state index contributed by atoms with van der Waals surface area (Å²) in [5, 5.41) is 2.88. The first kappa shape index (κ1) is 21.1. The lowest BCUT2D eigenvalue weighted by Gasteiger charge is -2.24. The smallest absolute Gasteiger partial charge is 0.410 e. The third-order valence-electron chi connectivity index (χ3n) is 3.79. The molecule has 0 radical (unpaired) electrons. The summed E-state index contributed by atoms with van der Waals surface area (Å²) in [6.07, 6.45) is -0.140. The minimum atomic E-state index is -0.545. The van der Waals surface area contributed by atoms with Crippen molar-refractivity contribution in [1.29, 1.82) is 0 Å². The van der Waals surface area contributed by atoms with Crippen molar-refractivity contribution in [3.63, 3.8) is 0 Å². The van der Waals surface area contributed by atoms with E-state index in [1.54, 1.807) is 18.0 Å². The maximum atomic E-state index is 12.1. The van der Waals surface area contributed by atoms with Gasteiger partial charge in [-0.15, -0.1) is 0 Å². The van der Waals surface area contributed by atoms with Crippen LogP contribution in [0.15, 0.2) is 24.3 Å². The highest BCUT2D eigenvalue weighted by Crippen LogP contribution is 2.18. The van der Waals surface area contributed by atoms with E-state index in [4.69, 9.17) is 4.74 Å². The fourth-order valence-corrected chi connectivity index (χ4v) is 3.37. The third kappa shape index (κ3) is 7.13. The van der Waals surface area contributed by atoms with Crippen LogP contribution in [0.5, 0.6) is 0 Å². The molecule has 0 bridgehead atoms. The Bertz CT molecular complexity index is 702. The van der Waals surface area contributed by atoms with Crippen molar-refractivity contribution >= 4 is 34.7 Å². The molecule has 0 spiro atoms. The van der Waals surface area contributed by atoms with Crippen molar-refractivity contribution < 1.29 is 19.1 Å². The van der Waals surface area contributed by atoms with E-state index in [1.807, 2.05) is 39.0 Å². The third-order valence-corrected chi connectivity index (χ3v) is 4.68. The standard InChI is InChI=1S/C19H27N3O4S/c1-19(2,3)26-17(24)21(4)13-14-6-5-7-15(12-14)20-16(23)8-9-22-10-11-27-18(22)25/h5-7,12H,8-11,13H2,1-4H3,(H,20,23). The number of nitrogens with zero attached hydrogens (tertiary/aromatic N) is 2. The number of amides is 3. The van der Waals surface area contributed by atoms with Gasteiger partial charge in [-0.25, -0.2) is 4.79 Å². The van der Waals surface area contributed by atoms with Crippen LogP contribution >= 0.6 is 11.8 Å². The summed E-state index contributed by atoms with van der Waals surface area (Å²) in [7, 11) is 1.67. The van der Waals surface area contributed by atoms with Crippen LogP contribution in [-0.2, 0) is 16.1 Å². The summed E-state index contributed by atoms with van der Waals surface area (Å²) in [4.78, 5) is 38.9. The number of ether oxygens (including phenoxy) is 1. The lowest BCUT2D eigenvalue weighted by molar-refractivity contribution is -0.116. The number of hydrogen-bond acceptors (Lipinski definition) is 5. The van der Waals surface area contributed by atoms with E-state index < -0.39 is 11.7 Å². The Balaban J connectivity index is 1.86. The van der Waals surface area contributed by atoms with E-state index in [2.05, 4.69) is 5.32 Å². The summed E-state index contributed by atoms with van der Waals surface area (Å²) in [5.74, 6) is 0.644. The summed E-state index contributed by atoms with van der Waals surface area (Å²) in [6, 6.07) is 7.34. The lowest BCUT2D eigenvalue weighted by Crippen LogP contribution is -2.33. The Morgan fingerprint density at radius 3 is 2.70 bits per heavy atom. The molecule has 1 fully saturated rings. The van der Waals surface area contributed by atoms with Gasteiger partial charge in [0.05, 0.1) is 0 Å². The van der Waals surface area contributed by atoms with Crippen molar-refractivity contribution in [2.45, 2.75) is 39.3 Å². The van der Waals surface area contributed by atoms with Gasteiger partial charge in [0.15, 0.2) is 0 Å². The second-order valence-electron chi connectivity index (χ2n) is 7.44. The van der Waals surface area contributed by atoms with Gasteiger partial charge in [-0.3, -0.25) is 9.59 Å². The first-order valence-corrected chi connectivity index (χ1v) is 9.87. The number of rotatable bonds is 6. The second kappa shape index (κ2) is 9.12. The molecule has 1 aromatic carbocycles. The van der Waals surface area contributed by atoms with Gasteiger partial charge < -0.3 is 19.9 Å². The predicted molar refractivity (Wildman–Crippen MR) is 107 cm³/mol. The van der Waals surface area contributed by atoms with Gasteiger partial charge in [-0.05, 0) is 38.5 Å². The van der Waals surface area contributed by atoms with Crippen LogP contribution < -0.4 is 5.32 Å². The number of nitrogens with one attached hydrogen (secondary N) is 1. The minimum absolute atomic E-state index is 0.0370. The molecule has 0 unspecified atom stereocenters. The van der Waals surface area contributed by atoms with Crippen LogP contribution in [0.3, 0.4) is 0 Å². The molecule has 1 saturated heterocycles. The quantitative estimate of drug-likeness (QED) is 0.800. The molecular weight excluding hydrogens is 366 g/mol. The average Bonchev–Trinajstić information content (AvgIpc) is 2.97. The largest absolute Gasteiger partial charge is 0.444 e. The molecule has 1 aliphatic heterocycles. The zero-order valence-corrected chi connectivity index (χ0v) is 17.1. The van der Waals surface area contributed by atoms with E-state index in [9.17, 15) is 14.4 Å². The van der Waals surface area contributed by atoms with Gasteiger partial charge in [0.1, 0.15) is 5.60 Å². The number of carbonyl (C=O) groups excluding carboxylic acids is 3. The molecular formula is C19H27N3O4S.